The molecular weight excluding hydrogens is 655 g/mol. The zero-order valence-electron chi connectivity index (χ0n) is 31.4. The van der Waals surface area contributed by atoms with Gasteiger partial charge < -0.3 is 24.4 Å². The van der Waals surface area contributed by atoms with Crippen molar-refractivity contribution in [1.29, 1.82) is 0 Å². The molecule has 0 heterocycles. The Hall–Kier alpha value is -2.03. The van der Waals surface area contributed by atoms with Crippen molar-refractivity contribution in [3.63, 3.8) is 0 Å². The molecule has 0 aromatic heterocycles. The first-order valence-corrected chi connectivity index (χ1v) is 21.1. The third-order valence-electron chi connectivity index (χ3n) is 8.18. The van der Waals surface area contributed by atoms with E-state index in [1.54, 1.807) is 6.08 Å². The molecule has 0 bridgehead atoms. The second kappa shape index (κ2) is 35.4. The number of carbonyl (C=O) groups excluding carboxylic acids is 2. The molecule has 9 nitrogen and oxygen atoms in total. The molecule has 0 radical (unpaired) electrons. The molecule has 0 saturated heterocycles. The maximum atomic E-state index is 12.4. The Morgan fingerprint density at radius 1 is 0.620 bits per heavy atom. The number of carbonyl (C=O) groups is 2. The van der Waals surface area contributed by atoms with Gasteiger partial charge in [-0.05, 0) is 44.9 Å². The van der Waals surface area contributed by atoms with Crippen LogP contribution in [0.25, 0.3) is 0 Å². The number of phosphoric acid groups is 1. The number of esters is 2. The summed E-state index contributed by atoms with van der Waals surface area (Å²) in [4.78, 5) is 42.7. The van der Waals surface area contributed by atoms with E-state index in [4.69, 9.17) is 19.3 Å². The second-order valence-corrected chi connectivity index (χ2v) is 14.3. The lowest BCUT2D eigenvalue weighted by molar-refractivity contribution is -0.161. The van der Waals surface area contributed by atoms with E-state index in [1.807, 2.05) is 36.5 Å². The highest BCUT2D eigenvalue weighted by Crippen LogP contribution is 2.36. The molecule has 0 aliphatic carbocycles. The largest absolute Gasteiger partial charge is 0.469 e. The zero-order valence-corrected chi connectivity index (χ0v) is 32.3. The molecule has 0 saturated carbocycles. The van der Waals surface area contributed by atoms with E-state index in [0.29, 0.717) is 25.7 Å². The predicted octanol–water partition coefficient (Wildman–Crippen LogP) is 10.5. The maximum absolute atomic E-state index is 12.4. The molecule has 0 rings (SSSR count). The second-order valence-electron chi connectivity index (χ2n) is 13.1. The van der Waals surface area contributed by atoms with Gasteiger partial charge in [0, 0.05) is 12.8 Å². The first kappa shape index (κ1) is 48.0. The van der Waals surface area contributed by atoms with E-state index in [9.17, 15) is 19.3 Å². The van der Waals surface area contributed by atoms with Gasteiger partial charge in [-0.3, -0.25) is 14.1 Å². The van der Waals surface area contributed by atoms with Crippen LogP contribution in [0.2, 0.25) is 0 Å². The molecule has 0 aliphatic rings. The van der Waals surface area contributed by atoms with Gasteiger partial charge in [-0.25, -0.2) is 4.57 Å². The number of aliphatic hydroxyl groups is 1. The monoisotopic (exact) mass is 726 g/mol. The van der Waals surface area contributed by atoms with Crippen LogP contribution in [0.4, 0.5) is 0 Å². The number of allylic oxidation sites excluding steroid dienone is 6. The van der Waals surface area contributed by atoms with Crippen molar-refractivity contribution < 1.29 is 43.0 Å². The van der Waals surface area contributed by atoms with Crippen LogP contribution in [0.5, 0.6) is 0 Å². The van der Waals surface area contributed by atoms with Gasteiger partial charge in [0.25, 0.3) is 0 Å². The van der Waals surface area contributed by atoms with Gasteiger partial charge in [0.05, 0.1) is 12.7 Å². The average molecular weight is 727 g/mol. The highest BCUT2D eigenvalue weighted by Gasteiger charge is 2.22. The standard InChI is InChI=1S/C40H71O9P/c1-3-5-7-9-11-12-13-14-15-16-17-22-26-30-34-40(43)49-38(36-48-50(44,45)46)35-47-39(42)33-29-25-21-19-18-20-24-28-32-37(41)31-27-23-10-8-6-4-2/h19-21,23-24,27-28,32,37-38,41H,3-18,22,25-26,29-31,33-36H2,1-2H3,(H2,44,45,46)/b21-19-,24-20-,27-23-,32-28+/t37-,38-/m1/s1. The molecule has 3 N–H and O–H groups in total. The first-order valence-electron chi connectivity index (χ1n) is 19.5. The van der Waals surface area contributed by atoms with Crippen molar-refractivity contribution in [2.24, 2.45) is 0 Å². The lowest BCUT2D eigenvalue weighted by Crippen LogP contribution is -2.29. The summed E-state index contributed by atoms with van der Waals surface area (Å²) >= 11 is 0. The summed E-state index contributed by atoms with van der Waals surface area (Å²) in [5.41, 5.74) is 0. The van der Waals surface area contributed by atoms with Gasteiger partial charge in [0.15, 0.2) is 6.10 Å². The predicted molar refractivity (Wildman–Crippen MR) is 204 cm³/mol. The highest BCUT2D eigenvalue weighted by atomic mass is 31.2. The number of hydrogen-bond acceptors (Lipinski definition) is 7. The lowest BCUT2D eigenvalue weighted by Gasteiger charge is -2.18. The van der Waals surface area contributed by atoms with Crippen molar-refractivity contribution >= 4 is 19.8 Å². The maximum Gasteiger partial charge on any atom is 0.469 e. The number of phosphoric ester groups is 1. The number of ether oxygens (including phenoxy) is 2. The Bertz CT molecular complexity index is 970. The van der Waals surface area contributed by atoms with Crippen molar-refractivity contribution in [3.05, 3.63) is 48.6 Å². The molecule has 10 heteroatoms. The fraction of sp³-hybridized carbons (Fsp3) is 0.750. The first-order chi connectivity index (χ1) is 24.2. The van der Waals surface area contributed by atoms with Crippen LogP contribution in [-0.4, -0.2) is 52.3 Å². The Morgan fingerprint density at radius 3 is 1.78 bits per heavy atom. The summed E-state index contributed by atoms with van der Waals surface area (Å²) in [7, 11) is -4.78. The van der Waals surface area contributed by atoms with Crippen molar-refractivity contribution in [3.8, 4) is 0 Å². The van der Waals surface area contributed by atoms with Gasteiger partial charge in [0.2, 0.25) is 0 Å². The van der Waals surface area contributed by atoms with Gasteiger partial charge in [-0.1, -0.05) is 159 Å². The summed E-state index contributed by atoms with van der Waals surface area (Å²) in [6, 6.07) is 0. The van der Waals surface area contributed by atoms with Crippen LogP contribution in [0.3, 0.4) is 0 Å². The van der Waals surface area contributed by atoms with Gasteiger partial charge >= 0.3 is 19.8 Å². The van der Waals surface area contributed by atoms with Crippen molar-refractivity contribution in [2.45, 2.75) is 180 Å². The molecule has 0 aromatic rings. The molecule has 2 atom stereocenters. The van der Waals surface area contributed by atoms with Crippen LogP contribution in [-0.2, 0) is 28.2 Å². The Balaban J connectivity index is 4.12. The topological polar surface area (TPSA) is 140 Å². The Kier molecular flexibility index (Phi) is 33.9. The number of unbranched alkanes of at least 4 members (excludes halogenated alkanes) is 17. The van der Waals surface area contributed by atoms with E-state index >= 15 is 0 Å². The molecular formula is C40H71O9P. The molecule has 290 valence electrons. The Morgan fingerprint density at radius 2 is 1.16 bits per heavy atom. The molecule has 0 spiro atoms. The average Bonchev–Trinajstić information content (AvgIpc) is 3.08. The third-order valence-corrected chi connectivity index (χ3v) is 8.67. The normalized spacial score (nSPS) is 13.6. The van der Waals surface area contributed by atoms with Crippen LogP contribution in [0.1, 0.15) is 168 Å². The molecule has 0 aromatic carbocycles. The number of rotatable bonds is 35. The molecule has 0 unspecified atom stereocenters. The summed E-state index contributed by atoms with van der Waals surface area (Å²) < 4.78 is 26.2. The molecule has 50 heavy (non-hydrogen) atoms. The van der Waals surface area contributed by atoms with E-state index in [2.05, 4.69) is 24.4 Å². The zero-order chi connectivity index (χ0) is 37.0. The van der Waals surface area contributed by atoms with Crippen molar-refractivity contribution in [2.75, 3.05) is 13.2 Å². The fourth-order valence-corrected chi connectivity index (χ4v) is 5.57. The minimum atomic E-state index is -4.78. The number of aliphatic hydroxyl groups excluding tert-OH is 1. The summed E-state index contributed by atoms with van der Waals surface area (Å²) in [6.45, 7) is 3.53. The van der Waals surface area contributed by atoms with E-state index in [-0.39, 0.29) is 19.4 Å². The van der Waals surface area contributed by atoms with Crippen LogP contribution >= 0.6 is 7.82 Å². The lowest BCUT2D eigenvalue weighted by atomic mass is 10.0. The van der Waals surface area contributed by atoms with Crippen LogP contribution in [0, 0.1) is 0 Å². The third kappa shape index (κ3) is 37.2. The van der Waals surface area contributed by atoms with Gasteiger partial charge in [0.1, 0.15) is 6.61 Å². The quantitative estimate of drug-likeness (QED) is 0.0191. The summed E-state index contributed by atoms with van der Waals surface area (Å²) in [5.74, 6) is -0.988. The number of hydrogen-bond donors (Lipinski definition) is 3. The van der Waals surface area contributed by atoms with Crippen LogP contribution < -0.4 is 0 Å². The van der Waals surface area contributed by atoms with Gasteiger partial charge in [-0.15, -0.1) is 0 Å². The molecule has 0 amide bonds. The van der Waals surface area contributed by atoms with Gasteiger partial charge in [-0.2, -0.15) is 0 Å². The van der Waals surface area contributed by atoms with Crippen LogP contribution in [0.15, 0.2) is 48.6 Å². The minimum absolute atomic E-state index is 0.160. The van der Waals surface area contributed by atoms with E-state index in [1.165, 1.54) is 83.5 Å². The fourth-order valence-electron chi connectivity index (χ4n) is 5.21. The minimum Gasteiger partial charge on any atom is -0.462 e. The SMILES string of the molecule is CCCCC/C=C\C[C@@H](O)/C=C/C=C\C/C=C\CCCC(=O)OC[C@H](COP(=O)(O)O)OC(=O)CCCCCCCCCCCCCCCC. The summed E-state index contributed by atoms with van der Waals surface area (Å²) in [6.07, 6.45) is 38.6. The van der Waals surface area contributed by atoms with E-state index in [0.717, 1.165) is 32.1 Å². The molecule has 0 fully saturated rings. The van der Waals surface area contributed by atoms with E-state index < -0.39 is 38.6 Å². The highest BCUT2D eigenvalue weighted by molar-refractivity contribution is 7.46. The smallest absolute Gasteiger partial charge is 0.462 e. The summed E-state index contributed by atoms with van der Waals surface area (Å²) in [5, 5.41) is 9.98. The Labute approximate surface area is 304 Å². The molecule has 0 aliphatic heterocycles. The van der Waals surface area contributed by atoms with Crippen molar-refractivity contribution in [1.82, 2.24) is 0 Å².